The Morgan fingerprint density at radius 2 is 0.957 bits per heavy atom. The van der Waals surface area contributed by atoms with Crippen LogP contribution in [0.5, 0.6) is 0 Å². The molecule has 236 valence electrons. The molecule has 0 N–H and O–H groups in total. The highest BCUT2D eigenvalue weighted by Gasteiger charge is 2.34. The molecule has 1 heterocycles. The number of hydrogen-bond acceptors (Lipinski definition) is 5. The number of benzene rings is 5. The van der Waals surface area contributed by atoms with E-state index in [4.69, 9.17) is 14.2 Å². The van der Waals surface area contributed by atoms with Gasteiger partial charge in [0.15, 0.2) is 0 Å². The van der Waals surface area contributed by atoms with Gasteiger partial charge < -0.3 is 18.8 Å². The molecule has 0 saturated carbocycles. The van der Waals surface area contributed by atoms with E-state index in [0.29, 0.717) is 30.2 Å². The maximum atomic E-state index is 13.0. The maximum Gasteiger partial charge on any atom is 0.303 e. The quantitative estimate of drug-likeness (QED) is 0.0841. The van der Waals surface area contributed by atoms with Gasteiger partial charge in [0, 0.05) is 5.56 Å². The lowest BCUT2D eigenvalue weighted by atomic mass is 9.99. The summed E-state index contributed by atoms with van der Waals surface area (Å²) in [6.07, 6.45) is -0.448. The lowest BCUT2D eigenvalue weighted by Crippen LogP contribution is -2.27. The van der Waals surface area contributed by atoms with Crippen LogP contribution >= 0.6 is 0 Å². The molecule has 6 rings (SSSR count). The van der Waals surface area contributed by atoms with E-state index in [1.807, 2.05) is 156 Å². The fraction of sp³-hybridized carbons (Fsp3) is 0.150. The van der Waals surface area contributed by atoms with E-state index in [9.17, 15) is 10.1 Å². The summed E-state index contributed by atoms with van der Waals surface area (Å²) < 4.78 is 20.8. The van der Waals surface area contributed by atoms with Gasteiger partial charge in [0.2, 0.25) is 0 Å². The third kappa shape index (κ3) is 7.91. The number of nitro groups is 1. The molecule has 0 radical (unpaired) electrons. The van der Waals surface area contributed by atoms with Gasteiger partial charge in [-0.15, -0.1) is 0 Å². The van der Waals surface area contributed by atoms with Crippen molar-refractivity contribution >= 4 is 5.69 Å². The van der Waals surface area contributed by atoms with Crippen LogP contribution in [0.25, 0.3) is 33.6 Å². The lowest BCUT2D eigenvalue weighted by Gasteiger charge is -2.21. The van der Waals surface area contributed by atoms with Crippen molar-refractivity contribution in [2.75, 3.05) is 13.2 Å². The molecule has 0 spiro atoms. The van der Waals surface area contributed by atoms with Crippen molar-refractivity contribution in [2.24, 2.45) is 0 Å². The summed E-state index contributed by atoms with van der Waals surface area (Å²) in [4.78, 5) is 12.7. The smallest absolute Gasteiger partial charge is 0.303 e. The number of hydrogen-bond donors (Lipinski definition) is 0. The molecule has 0 unspecified atom stereocenters. The maximum absolute atomic E-state index is 13.0. The Bertz CT molecular complexity index is 1800. The molecular weight excluding hydrogens is 588 g/mol. The fourth-order valence-corrected chi connectivity index (χ4v) is 5.66. The van der Waals surface area contributed by atoms with Gasteiger partial charge in [-0.2, -0.15) is 0 Å². The largest absolute Gasteiger partial charge is 0.374 e. The fourth-order valence-electron chi connectivity index (χ4n) is 5.66. The van der Waals surface area contributed by atoms with Crippen LogP contribution in [0.4, 0.5) is 5.69 Å². The van der Waals surface area contributed by atoms with Crippen molar-refractivity contribution in [1.82, 2.24) is 4.57 Å². The van der Waals surface area contributed by atoms with Crippen molar-refractivity contribution < 1.29 is 19.1 Å². The van der Waals surface area contributed by atoms with E-state index in [0.717, 1.165) is 27.8 Å². The summed E-state index contributed by atoms with van der Waals surface area (Å²) in [6, 6.07) is 48.7. The highest BCUT2D eigenvalue weighted by molar-refractivity contribution is 5.96. The minimum Gasteiger partial charge on any atom is -0.374 e. The summed E-state index contributed by atoms with van der Waals surface area (Å²) >= 11 is 0. The first-order chi connectivity index (χ1) is 23.2. The van der Waals surface area contributed by atoms with Crippen LogP contribution in [0.3, 0.4) is 0 Å². The molecule has 0 aliphatic rings. The SMILES string of the molecule is O=[N+]([O-])c1c(-c2ccccc2)c(-c2ccccc2)n(COC(COCc2ccccc2)COCc2ccccc2)c1-c1ccccc1. The highest BCUT2D eigenvalue weighted by Crippen LogP contribution is 2.48. The van der Waals surface area contributed by atoms with Crippen LogP contribution in [-0.2, 0) is 34.2 Å². The Balaban J connectivity index is 1.39. The molecule has 0 fully saturated rings. The van der Waals surface area contributed by atoms with Gasteiger partial charge in [-0.25, -0.2) is 0 Å². The Labute approximate surface area is 274 Å². The first kappa shape index (κ1) is 31.6. The van der Waals surface area contributed by atoms with Gasteiger partial charge in [-0.3, -0.25) is 10.1 Å². The van der Waals surface area contributed by atoms with E-state index in [1.165, 1.54) is 0 Å². The van der Waals surface area contributed by atoms with E-state index < -0.39 is 6.10 Å². The monoisotopic (exact) mass is 624 g/mol. The number of aromatic nitrogens is 1. The Hall–Kier alpha value is -5.34. The predicted molar refractivity (Wildman–Crippen MR) is 184 cm³/mol. The molecule has 7 heteroatoms. The Kier molecular flexibility index (Phi) is 10.6. The molecule has 0 atom stereocenters. The molecule has 6 aromatic rings. The number of ether oxygens (including phenoxy) is 3. The molecule has 7 nitrogen and oxygen atoms in total. The molecule has 0 amide bonds. The summed E-state index contributed by atoms with van der Waals surface area (Å²) in [5.41, 5.74) is 6.19. The zero-order valence-electron chi connectivity index (χ0n) is 26.0. The summed E-state index contributed by atoms with van der Waals surface area (Å²) in [7, 11) is 0. The molecule has 5 aromatic carbocycles. The molecule has 0 aliphatic heterocycles. The number of rotatable bonds is 15. The van der Waals surface area contributed by atoms with Gasteiger partial charge in [-0.1, -0.05) is 152 Å². The molecule has 47 heavy (non-hydrogen) atoms. The second kappa shape index (κ2) is 15.8. The molecular formula is C40H36N2O5. The third-order valence-corrected chi connectivity index (χ3v) is 7.85. The van der Waals surface area contributed by atoms with Crippen LogP contribution in [0, 0.1) is 10.1 Å². The summed E-state index contributed by atoms with van der Waals surface area (Å²) in [5.74, 6) is 0. The van der Waals surface area contributed by atoms with Crippen LogP contribution < -0.4 is 0 Å². The summed E-state index contributed by atoms with van der Waals surface area (Å²) in [5, 5.41) is 13.0. The van der Waals surface area contributed by atoms with E-state index in [2.05, 4.69) is 0 Å². The zero-order chi connectivity index (χ0) is 32.3. The molecule has 0 aliphatic carbocycles. The van der Waals surface area contributed by atoms with Gasteiger partial charge in [-0.05, 0) is 22.3 Å². The molecule has 1 aromatic heterocycles. The van der Waals surface area contributed by atoms with Crippen molar-refractivity contribution in [2.45, 2.75) is 26.0 Å². The van der Waals surface area contributed by atoms with Gasteiger partial charge in [0.25, 0.3) is 0 Å². The highest BCUT2D eigenvalue weighted by atomic mass is 16.6. The third-order valence-electron chi connectivity index (χ3n) is 7.85. The Morgan fingerprint density at radius 3 is 1.40 bits per heavy atom. The Morgan fingerprint density at radius 1 is 0.553 bits per heavy atom. The van der Waals surface area contributed by atoms with E-state index >= 15 is 0 Å². The lowest BCUT2D eigenvalue weighted by molar-refractivity contribution is -0.383. The van der Waals surface area contributed by atoms with Crippen molar-refractivity contribution in [3.05, 3.63) is 173 Å². The predicted octanol–water partition coefficient (Wildman–Crippen LogP) is 9.17. The molecule has 0 bridgehead atoms. The second-order valence-corrected chi connectivity index (χ2v) is 11.1. The van der Waals surface area contributed by atoms with Crippen molar-refractivity contribution in [3.63, 3.8) is 0 Å². The topological polar surface area (TPSA) is 75.8 Å². The van der Waals surface area contributed by atoms with Crippen LogP contribution in [0.1, 0.15) is 11.1 Å². The average Bonchev–Trinajstić information content (AvgIpc) is 3.48. The van der Waals surface area contributed by atoms with Crippen LogP contribution in [0.2, 0.25) is 0 Å². The van der Waals surface area contributed by atoms with Crippen molar-refractivity contribution in [1.29, 1.82) is 0 Å². The van der Waals surface area contributed by atoms with Crippen LogP contribution in [0.15, 0.2) is 152 Å². The van der Waals surface area contributed by atoms with Gasteiger partial charge >= 0.3 is 5.69 Å². The van der Waals surface area contributed by atoms with Crippen LogP contribution in [-0.4, -0.2) is 28.8 Å². The second-order valence-electron chi connectivity index (χ2n) is 11.1. The first-order valence-corrected chi connectivity index (χ1v) is 15.6. The van der Waals surface area contributed by atoms with Gasteiger partial charge in [0.1, 0.15) is 18.5 Å². The molecule has 0 saturated heterocycles. The minimum atomic E-state index is -0.448. The first-order valence-electron chi connectivity index (χ1n) is 15.6. The minimum absolute atomic E-state index is 0.0297. The van der Waals surface area contributed by atoms with E-state index in [-0.39, 0.29) is 30.6 Å². The van der Waals surface area contributed by atoms with Crippen molar-refractivity contribution in [3.8, 4) is 33.6 Å². The normalized spacial score (nSPS) is 11.2. The number of nitrogens with zero attached hydrogens (tertiary/aromatic N) is 2. The zero-order valence-corrected chi connectivity index (χ0v) is 26.0. The van der Waals surface area contributed by atoms with Gasteiger partial charge in [0.05, 0.1) is 42.6 Å². The van der Waals surface area contributed by atoms with E-state index in [1.54, 1.807) is 0 Å². The average molecular weight is 625 g/mol. The standard InChI is InChI=1S/C40H36N2O5/c43-42(44)40-37(33-20-10-3-11-21-33)38(34-22-12-4-13-23-34)41(39(40)35-24-14-5-15-25-35)30-47-36(28-45-26-31-16-6-1-7-17-31)29-46-27-32-18-8-2-9-19-32/h1-25,36H,26-30H2. The summed E-state index contributed by atoms with van der Waals surface area (Å²) in [6.45, 7) is 1.45.